The zero-order valence-corrected chi connectivity index (χ0v) is 12.7. The molecule has 1 amide bonds. The predicted molar refractivity (Wildman–Crippen MR) is 81.9 cm³/mol. The molecule has 20 heavy (non-hydrogen) atoms. The highest BCUT2D eigenvalue weighted by atomic mass is 32.2. The van der Waals surface area contributed by atoms with E-state index >= 15 is 0 Å². The second kappa shape index (κ2) is 10.7. The Hall–Kier alpha value is -1.04. The Morgan fingerprint density at radius 1 is 1.40 bits per heavy atom. The molecule has 1 aromatic rings. The smallest absolute Gasteiger partial charge is 0.220 e. The van der Waals surface area contributed by atoms with E-state index in [0.717, 1.165) is 12.2 Å². The molecule has 0 aliphatic carbocycles. The normalized spacial score (nSPS) is 12.1. The number of thioether (sulfide) groups is 1. The quantitative estimate of drug-likeness (QED) is 0.513. The summed E-state index contributed by atoms with van der Waals surface area (Å²) in [6.45, 7) is 0.804. The minimum absolute atomic E-state index is 0.0447. The molecule has 1 atom stereocenters. The van der Waals surface area contributed by atoms with Crippen molar-refractivity contribution in [1.82, 2.24) is 5.32 Å². The summed E-state index contributed by atoms with van der Waals surface area (Å²) in [5.41, 5.74) is 0. The molecule has 5 heteroatoms. The van der Waals surface area contributed by atoms with E-state index in [9.17, 15) is 9.90 Å². The van der Waals surface area contributed by atoms with Crippen LogP contribution in [0.2, 0.25) is 0 Å². The largest absolute Gasteiger partial charge is 0.391 e. The summed E-state index contributed by atoms with van der Waals surface area (Å²) in [7, 11) is 1.55. The SMILES string of the molecule is COCC(O)CCNC(=O)CCCSc1ccccc1. The van der Waals surface area contributed by atoms with E-state index in [4.69, 9.17) is 4.74 Å². The van der Waals surface area contributed by atoms with E-state index in [0.29, 0.717) is 26.0 Å². The zero-order chi connectivity index (χ0) is 14.6. The maximum absolute atomic E-state index is 11.6. The first-order valence-corrected chi connectivity index (χ1v) is 7.82. The third-order valence-corrected chi connectivity index (χ3v) is 3.82. The van der Waals surface area contributed by atoms with E-state index < -0.39 is 6.10 Å². The fourth-order valence-corrected chi connectivity index (χ4v) is 2.56. The summed E-state index contributed by atoms with van der Waals surface area (Å²) in [5.74, 6) is 0.979. The number of benzene rings is 1. The number of aliphatic hydroxyl groups is 1. The second-order valence-electron chi connectivity index (χ2n) is 4.51. The average Bonchev–Trinajstić information content (AvgIpc) is 2.45. The number of aliphatic hydroxyl groups excluding tert-OH is 1. The lowest BCUT2D eigenvalue weighted by Gasteiger charge is -2.10. The molecule has 0 heterocycles. The fourth-order valence-electron chi connectivity index (χ4n) is 1.68. The molecule has 0 aromatic heterocycles. The molecule has 4 nitrogen and oxygen atoms in total. The van der Waals surface area contributed by atoms with Crippen molar-refractivity contribution >= 4 is 17.7 Å². The van der Waals surface area contributed by atoms with Gasteiger partial charge in [0, 0.05) is 25.0 Å². The second-order valence-corrected chi connectivity index (χ2v) is 5.68. The van der Waals surface area contributed by atoms with Gasteiger partial charge in [-0.1, -0.05) is 18.2 Å². The highest BCUT2D eigenvalue weighted by Gasteiger charge is 2.05. The van der Waals surface area contributed by atoms with Crippen LogP contribution in [0, 0.1) is 0 Å². The Morgan fingerprint density at radius 2 is 2.15 bits per heavy atom. The molecule has 0 spiro atoms. The van der Waals surface area contributed by atoms with Gasteiger partial charge in [0.2, 0.25) is 5.91 Å². The van der Waals surface area contributed by atoms with Crippen molar-refractivity contribution in [3.63, 3.8) is 0 Å². The van der Waals surface area contributed by atoms with Crippen LogP contribution in [0.25, 0.3) is 0 Å². The van der Waals surface area contributed by atoms with Crippen LogP contribution in [0.1, 0.15) is 19.3 Å². The number of hydrogen-bond acceptors (Lipinski definition) is 4. The molecule has 1 unspecified atom stereocenters. The molecule has 0 aliphatic rings. The number of carbonyl (C=O) groups excluding carboxylic acids is 1. The van der Waals surface area contributed by atoms with Gasteiger partial charge in [0.15, 0.2) is 0 Å². The minimum atomic E-state index is -0.506. The topological polar surface area (TPSA) is 58.6 Å². The summed E-state index contributed by atoms with van der Waals surface area (Å²) >= 11 is 1.76. The summed E-state index contributed by atoms with van der Waals surface area (Å²) in [6.07, 6.45) is 1.40. The van der Waals surface area contributed by atoms with Crippen molar-refractivity contribution in [3.8, 4) is 0 Å². The first kappa shape index (κ1) is 17.0. The van der Waals surface area contributed by atoms with Crippen molar-refractivity contribution in [2.24, 2.45) is 0 Å². The lowest BCUT2D eigenvalue weighted by molar-refractivity contribution is -0.121. The van der Waals surface area contributed by atoms with E-state index in [1.54, 1.807) is 18.9 Å². The van der Waals surface area contributed by atoms with Crippen LogP contribution < -0.4 is 5.32 Å². The highest BCUT2D eigenvalue weighted by Crippen LogP contribution is 2.18. The lowest BCUT2D eigenvalue weighted by Crippen LogP contribution is -2.28. The first-order chi connectivity index (χ1) is 9.72. The molecular weight excluding hydrogens is 274 g/mol. The summed E-state index contributed by atoms with van der Waals surface area (Å²) in [5, 5.41) is 12.2. The molecule has 2 N–H and O–H groups in total. The number of methoxy groups -OCH3 is 1. The third kappa shape index (κ3) is 8.19. The van der Waals surface area contributed by atoms with Crippen LogP contribution in [-0.4, -0.2) is 43.1 Å². The third-order valence-electron chi connectivity index (χ3n) is 2.72. The number of rotatable bonds is 10. The number of ether oxygens (including phenoxy) is 1. The van der Waals surface area contributed by atoms with Gasteiger partial charge >= 0.3 is 0 Å². The average molecular weight is 297 g/mol. The van der Waals surface area contributed by atoms with E-state index in [1.165, 1.54) is 4.90 Å². The number of carbonyl (C=O) groups is 1. The molecule has 0 saturated heterocycles. The molecule has 1 rings (SSSR count). The van der Waals surface area contributed by atoms with Gasteiger partial charge in [0.05, 0.1) is 12.7 Å². The van der Waals surface area contributed by atoms with Crippen molar-refractivity contribution in [2.45, 2.75) is 30.3 Å². The van der Waals surface area contributed by atoms with Crippen molar-refractivity contribution in [3.05, 3.63) is 30.3 Å². The number of amides is 1. The monoisotopic (exact) mass is 297 g/mol. The van der Waals surface area contributed by atoms with Crippen molar-refractivity contribution < 1.29 is 14.6 Å². The van der Waals surface area contributed by atoms with Gasteiger partial charge in [-0.2, -0.15) is 0 Å². The number of nitrogens with one attached hydrogen (secondary N) is 1. The molecule has 0 aliphatic heterocycles. The van der Waals surface area contributed by atoms with Crippen molar-refractivity contribution in [1.29, 1.82) is 0 Å². The Morgan fingerprint density at radius 3 is 2.85 bits per heavy atom. The number of hydrogen-bond donors (Lipinski definition) is 2. The van der Waals surface area contributed by atoms with Gasteiger partial charge in [-0.15, -0.1) is 11.8 Å². The Bertz CT molecular complexity index is 373. The first-order valence-electron chi connectivity index (χ1n) is 6.84. The molecule has 0 fully saturated rings. The molecule has 0 radical (unpaired) electrons. The van der Waals surface area contributed by atoms with Gasteiger partial charge in [-0.25, -0.2) is 0 Å². The standard InChI is InChI=1S/C15H23NO3S/c1-19-12-13(17)9-10-16-15(18)8-5-11-20-14-6-3-2-4-7-14/h2-4,6-7,13,17H,5,8-12H2,1H3,(H,16,18). The molecule has 1 aromatic carbocycles. The van der Waals surface area contributed by atoms with Gasteiger partial charge in [-0.3, -0.25) is 4.79 Å². The van der Waals surface area contributed by atoms with Gasteiger partial charge in [0.1, 0.15) is 0 Å². The van der Waals surface area contributed by atoms with Crippen LogP contribution in [-0.2, 0) is 9.53 Å². The minimum Gasteiger partial charge on any atom is -0.391 e. The molecule has 0 saturated carbocycles. The van der Waals surface area contributed by atoms with Gasteiger partial charge in [0.25, 0.3) is 0 Å². The van der Waals surface area contributed by atoms with E-state index in [2.05, 4.69) is 17.4 Å². The predicted octanol–water partition coefficient (Wildman–Crippen LogP) is 2.07. The molecule has 0 bridgehead atoms. The Kier molecular flexibility index (Phi) is 9.11. The summed E-state index contributed by atoms with van der Waals surface area (Å²) < 4.78 is 4.82. The maximum Gasteiger partial charge on any atom is 0.220 e. The Balaban J connectivity index is 2.00. The molecular formula is C15H23NO3S. The zero-order valence-electron chi connectivity index (χ0n) is 11.9. The van der Waals surface area contributed by atoms with Gasteiger partial charge in [-0.05, 0) is 30.7 Å². The van der Waals surface area contributed by atoms with Crippen LogP contribution in [0.5, 0.6) is 0 Å². The lowest BCUT2D eigenvalue weighted by atomic mass is 10.2. The fraction of sp³-hybridized carbons (Fsp3) is 0.533. The molecule has 112 valence electrons. The Labute approximate surface area is 124 Å². The van der Waals surface area contributed by atoms with Crippen LogP contribution in [0.15, 0.2) is 35.2 Å². The summed E-state index contributed by atoms with van der Waals surface area (Å²) in [6, 6.07) is 10.2. The maximum atomic E-state index is 11.6. The van der Waals surface area contributed by atoms with E-state index in [-0.39, 0.29) is 5.91 Å². The van der Waals surface area contributed by atoms with Crippen LogP contribution in [0.4, 0.5) is 0 Å². The van der Waals surface area contributed by atoms with Crippen molar-refractivity contribution in [2.75, 3.05) is 26.0 Å². The summed E-state index contributed by atoms with van der Waals surface area (Å²) in [4.78, 5) is 12.8. The highest BCUT2D eigenvalue weighted by molar-refractivity contribution is 7.99. The van der Waals surface area contributed by atoms with Gasteiger partial charge < -0.3 is 15.2 Å². The van der Waals surface area contributed by atoms with E-state index in [1.807, 2.05) is 18.2 Å². The van der Waals surface area contributed by atoms with Crippen LogP contribution in [0.3, 0.4) is 0 Å². The van der Waals surface area contributed by atoms with Crippen LogP contribution >= 0.6 is 11.8 Å².